The van der Waals surface area contributed by atoms with E-state index in [4.69, 9.17) is 4.74 Å². The molecule has 156 valence electrons. The number of rotatable bonds is 4. The number of nitrogens with zero attached hydrogens (tertiary/aromatic N) is 1. The van der Waals surface area contributed by atoms with Crippen LogP contribution in [0.4, 0.5) is 18.0 Å². The molecule has 2 aromatic rings. The number of carbonyl (C=O) groups excluding carboxylic acids is 1. The Balaban J connectivity index is 1.95. The minimum absolute atomic E-state index is 0.0421. The Morgan fingerprint density at radius 2 is 1.72 bits per heavy atom. The summed E-state index contributed by atoms with van der Waals surface area (Å²) in [6.07, 6.45) is -0.539. The van der Waals surface area contributed by atoms with Crippen molar-refractivity contribution in [2.45, 2.75) is 44.9 Å². The fraction of sp³-hybridized carbons (Fsp3) is 0.409. The molecule has 0 aromatic heterocycles. The van der Waals surface area contributed by atoms with Gasteiger partial charge in [0.05, 0.1) is 6.04 Å². The van der Waals surface area contributed by atoms with Gasteiger partial charge in [-0.2, -0.15) is 0 Å². The van der Waals surface area contributed by atoms with Crippen LogP contribution >= 0.6 is 0 Å². The summed E-state index contributed by atoms with van der Waals surface area (Å²) < 4.78 is 47.2. The maximum Gasteiger partial charge on any atom is 0.410 e. The molecule has 1 fully saturated rings. The van der Waals surface area contributed by atoms with Crippen LogP contribution in [0.2, 0.25) is 0 Å². The molecular formula is C22H25F3N2O2. The van der Waals surface area contributed by atoms with Crippen LogP contribution in [0.1, 0.15) is 37.8 Å². The van der Waals surface area contributed by atoms with E-state index in [0.29, 0.717) is 19.2 Å². The first-order chi connectivity index (χ1) is 13.7. The standard InChI is InChI=1S/C22H25F3N2O2/c1-22(2,3)29-21(28)27(13-14-7-5-4-6-8-14)20-12-26-11-16(20)15-9-18(24)19(25)10-17(15)23/h4-10,16,20,26H,11-13H2,1-3H3. The molecule has 1 N–H and O–H groups in total. The average molecular weight is 406 g/mol. The first-order valence-corrected chi connectivity index (χ1v) is 9.54. The number of ether oxygens (including phenoxy) is 1. The first kappa shape index (κ1) is 21.2. The molecule has 1 heterocycles. The molecule has 2 unspecified atom stereocenters. The Kier molecular flexibility index (Phi) is 6.17. The highest BCUT2D eigenvalue weighted by Gasteiger charge is 2.39. The van der Waals surface area contributed by atoms with Crippen LogP contribution < -0.4 is 5.32 Å². The quantitative estimate of drug-likeness (QED) is 0.755. The molecule has 1 amide bonds. The Morgan fingerprint density at radius 1 is 1.07 bits per heavy atom. The maximum absolute atomic E-state index is 14.4. The number of hydrogen-bond donors (Lipinski definition) is 1. The largest absolute Gasteiger partial charge is 0.444 e. The molecule has 2 aromatic carbocycles. The van der Waals surface area contributed by atoms with Crippen LogP contribution in [0.3, 0.4) is 0 Å². The van der Waals surface area contributed by atoms with Crippen molar-refractivity contribution >= 4 is 6.09 Å². The Labute approximate surface area is 168 Å². The van der Waals surface area contributed by atoms with E-state index in [9.17, 15) is 18.0 Å². The normalized spacial score (nSPS) is 19.2. The van der Waals surface area contributed by atoms with Gasteiger partial charge in [-0.05, 0) is 38.0 Å². The third kappa shape index (κ3) is 5.09. The monoisotopic (exact) mass is 406 g/mol. The lowest BCUT2D eigenvalue weighted by Gasteiger charge is -2.34. The second-order valence-corrected chi connectivity index (χ2v) is 8.21. The molecule has 4 nitrogen and oxygen atoms in total. The molecule has 7 heteroatoms. The van der Waals surface area contributed by atoms with Crippen LogP contribution in [0, 0.1) is 17.5 Å². The summed E-state index contributed by atoms with van der Waals surface area (Å²) in [5.74, 6) is -3.71. The maximum atomic E-state index is 14.4. The van der Waals surface area contributed by atoms with Gasteiger partial charge in [0.1, 0.15) is 11.4 Å². The van der Waals surface area contributed by atoms with E-state index in [-0.39, 0.29) is 12.1 Å². The molecule has 2 atom stereocenters. The highest BCUT2D eigenvalue weighted by Crippen LogP contribution is 2.32. The van der Waals surface area contributed by atoms with Gasteiger partial charge in [-0.15, -0.1) is 0 Å². The van der Waals surface area contributed by atoms with E-state index in [2.05, 4.69) is 5.32 Å². The molecule has 0 spiro atoms. The van der Waals surface area contributed by atoms with Crippen molar-refractivity contribution in [3.05, 3.63) is 71.0 Å². The summed E-state index contributed by atoms with van der Waals surface area (Å²) in [6.45, 7) is 6.28. The summed E-state index contributed by atoms with van der Waals surface area (Å²) in [5.41, 5.74) is 0.219. The molecule has 1 aliphatic rings. The average Bonchev–Trinajstić information content (AvgIpc) is 3.11. The fourth-order valence-corrected chi connectivity index (χ4v) is 3.55. The molecule has 0 radical (unpaired) electrons. The van der Waals surface area contributed by atoms with Gasteiger partial charge in [0.25, 0.3) is 0 Å². The van der Waals surface area contributed by atoms with Crippen LogP contribution in [-0.2, 0) is 11.3 Å². The van der Waals surface area contributed by atoms with Crippen molar-refractivity contribution in [3.8, 4) is 0 Å². The van der Waals surface area contributed by atoms with Crippen LogP contribution in [0.15, 0.2) is 42.5 Å². The zero-order valence-corrected chi connectivity index (χ0v) is 16.7. The third-order valence-corrected chi connectivity index (χ3v) is 4.85. The first-order valence-electron chi connectivity index (χ1n) is 9.54. The Hall–Kier alpha value is -2.54. The minimum Gasteiger partial charge on any atom is -0.444 e. The zero-order chi connectivity index (χ0) is 21.2. The van der Waals surface area contributed by atoms with Gasteiger partial charge in [0.15, 0.2) is 11.6 Å². The minimum atomic E-state index is -1.23. The predicted octanol–water partition coefficient (Wildman–Crippen LogP) is 4.60. The summed E-state index contributed by atoms with van der Waals surface area (Å²) >= 11 is 0. The van der Waals surface area contributed by atoms with E-state index in [1.165, 1.54) is 4.90 Å². The highest BCUT2D eigenvalue weighted by molar-refractivity contribution is 5.69. The van der Waals surface area contributed by atoms with Crippen LogP contribution in [0.25, 0.3) is 0 Å². The van der Waals surface area contributed by atoms with Crippen LogP contribution in [0.5, 0.6) is 0 Å². The molecule has 0 saturated carbocycles. The molecule has 3 rings (SSSR count). The van der Waals surface area contributed by atoms with E-state index in [1.807, 2.05) is 30.3 Å². The molecule has 29 heavy (non-hydrogen) atoms. The van der Waals surface area contributed by atoms with E-state index in [0.717, 1.165) is 11.6 Å². The summed E-state index contributed by atoms with van der Waals surface area (Å²) in [6, 6.07) is 10.3. The second kappa shape index (κ2) is 8.45. The number of amides is 1. The van der Waals surface area contributed by atoms with Crippen molar-refractivity contribution in [3.63, 3.8) is 0 Å². The van der Waals surface area contributed by atoms with Crippen molar-refractivity contribution < 1.29 is 22.7 Å². The van der Waals surface area contributed by atoms with Crippen molar-refractivity contribution in [2.75, 3.05) is 13.1 Å². The zero-order valence-electron chi connectivity index (χ0n) is 16.7. The topological polar surface area (TPSA) is 41.6 Å². The number of carbonyl (C=O) groups is 1. The van der Waals surface area contributed by atoms with Crippen molar-refractivity contribution in [2.24, 2.45) is 0 Å². The van der Waals surface area contributed by atoms with Crippen LogP contribution in [-0.4, -0.2) is 35.7 Å². The second-order valence-electron chi connectivity index (χ2n) is 8.21. The molecular weight excluding hydrogens is 381 g/mol. The fourth-order valence-electron chi connectivity index (χ4n) is 3.55. The smallest absolute Gasteiger partial charge is 0.410 e. The van der Waals surface area contributed by atoms with E-state index >= 15 is 0 Å². The summed E-state index contributed by atoms with van der Waals surface area (Å²) in [4.78, 5) is 14.5. The highest BCUT2D eigenvalue weighted by atomic mass is 19.2. The number of halogens is 3. The van der Waals surface area contributed by atoms with Gasteiger partial charge in [-0.25, -0.2) is 18.0 Å². The van der Waals surface area contributed by atoms with Gasteiger partial charge in [-0.3, -0.25) is 4.90 Å². The van der Waals surface area contributed by atoms with Gasteiger partial charge >= 0.3 is 6.09 Å². The van der Waals surface area contributed by atoms with Gasteiger partial charge in [-0.1, -0.05) is 30.3 Å². The molecule has 0 aliphatic carbocycles. The van der Waals surface area contributed by atoms with Gasteiger partial charge in [0.2, 0.25) is 0 Å². The number of hydrogen-bond acceptors (Lipinski definition) is 3. The summed E-state index contributed by atoms with van der Waals surface area (Å²) in [7, 11) is 0. The van der Waals surface area contributed by atoms with Gasteiger partial charge in [0, 0.05) is 31.6 Å². The van der Waals surface area contributed by atoms with Gasteiger partial charge < -0.3 is 10.1 Å². The Morgan fingerprint density at radius 3 is 2.38 bits per heavy atom. The lowest BCUT2D eigenvalue weighted by atomic mass is 9.92. The van der Waals surface area contributed by atoms with Crippen molar-refractivity contribution in [1.29, 1.82) is 0 Å². The predicted molar refractivity (Wildman–Crippen MR) is 104 cm³/mol. The molecule has 1 saturated heterocycles. The lowest BCUT2D eigenvalue weighted by molar-refractivity contribution is 0.0140. The third-order valence-electron chi connectivity index (χ3n) is 4.85. The lowest BCUT2D eigenvalue weighted by Crippen LogP contribution is -2.46. The Bertz CT molecular complexity index is 868. The number of nitrogens with one attached hydrogen (secondary N) is 1. The SMILES string of the molecule is CC(C)(C)OC(=O)N(Cc1ccccc1)C1CNCC1c1cc(F)c(F)cc1F. The summed E-state index contributed by atoms with van der Waals surface area (Å²) in [5, 5.41) is 3.13. The van der Waals surface area contributed by atoms with E-state index < -0.39 is 41.1 Å². The van der Waals surface area contributed by atoms with E-state index in [1.54, 1.807) is 20.8 Å². The molecule has 0 bridgehead atoms. The number of benzene rings is 2. The van der Waals surface area contributed by atoms with Crippen molar-refractivity contribution in [1.82, 2.24) is 10.2 Å². The molecule has 1 aliphatic heterocycles.